The van der Waals surface area contributed by atoms with Gasteiger partial charge >= 0.3 is 0 Å². The number of hydrogen-bond acceptors (Lipinski definition) is 1. The molecule has 0 heterocycles. The third-order valence-corrected chi connectivity index (χ3v) is 6.80. The number of halogens is 2. The zero-order chi connectivity index (χ0) is 19.8. The molecular formula is C25H31F2N. The van der Waals surface area contributed by atoms with Gasteiger partial charge in [-0.2, -0.15) is 9.65 Å². The van der Waals surface area contributed by atoms with Crippen LogP contribution >= 0.6 is 0 Å². The molecule has 0 amide bonds. The highest BCUT2D eigenvalue weighted by Gasteiger charge is 2.24. The van der Waals surface area contributed by atoms with Gasteiger partial charge in [-0.1, -0.05) is 37.1 Å². The number of allylic oxidation sites excluding steroid dienone is 4. The molecule has 150 valence electrons. The summed E-state index contributed by atoms with van der Waals surface area (Å²) in [6, 6.07) is 8.59. The van der Waals surface area contributed by atoms with Crippen LogP contribution < -0.4 is 0 Å². The minimum atomic E-state index is -0.723. The van der Waals surface area contributed by atoms with Gasteiger partial charge in [-0.3, -0.25) is 0 Å². The second-order valence-electron chi connectivity index (χ2n) is 8.64. The van der Waals surface area contributed by atoms with Crippen molar-refractivity contribution in [2.45, 2.75) is 70.1 Å². The standard InChI is InChI=1S/C25H31F2N/c26-24-16-14-23(15-17-24)22-12-10-21(11-13-22)9-8-20-6-4-19(5-7-20)2-1-3-25(27)18-28/h1-3,14-17,19-22H,4-13H2/b2-1+,25-3-/t19-,20-,21-,22-. The van der Waals surface area contributed by atoms with Crippen molar-refractivity contribution in [3.8, 4) is 6.07 Å². The molecular weight excluding hydrogens is 352 g/mol. The minimum Gasteiger partial charge on any atom is -0.207 e. The average Bonchev–Trinajstić information content (AvgIpc) is 2.74. The van der Waals surface area contributed by atoms with Crippen LogP contribution in [0.25, 0.3) is 0 Å². The van der Waals surface area contributed by atoms with Crippen LogP contribution in [0.3, 0.4) is 0 Å². The van der Waals surface area contributed by atoms with Crippen LogP contribution in [0, 0.1) is 34.9 Å². The lowest BCUT2D eigenvalue weighted by molar-refractivity contribution is 0.246. The highest BCUT2D eigenvalue weighted by atomic mass is 19.1. The zero-order valence-corrected chi connectivity index (χ0v) is 16.6. The first-order valence-electron chi connectivity index (χ1n) is 10.8. The molecule has 2 fully saturated rings. The molecule has 1 aromatic rings. The molecule has 2 saturated carbocycles. The molecule has 0 aliphatic heterocycles. The highest BCUT2D eigenvalue weighted by molar-refractivity contribution is 5.21. The van der Waals surface area contributed by atoms with E-state index in [0.717, 1.165) is 11.8 Å². The lowest BCUT2D eigenvalue weighted by atomic mass is 9.74. The Bertz CT molecular complexity index is 697. The second-order valence-corrected chi connectivity index (χ2v) is 8.64. The van der Waals surface area contributed by atoms with Crippen LogP contribution in [0.2, 0.25) is 0 Å². The lowest BCUT2D eigenvalue weighted by Gasteiger charge is -2.31. The van der Waals surface area contributed by atoms with Gasteiger partial charge in [-0.15, -0.1) is 0 Å². The molecule has 0 atom stereocenters. The van der Waals surface area contributed by atoms with E-state index in [0.29, 0.717) is 11.8 Å². The topological polar surface area (TPSA) is 23.8 Å². The van der Waals surface area contributed by atoms with Gasteiger partial charge < -0.3 is 0 Å². The largest absolute Gasteiger partial charge is 0.207 e. The molecule has 0 radical (unpaired) electrons. The quantitative estimate of drug-likeness (QED) is 0.366. The monoisotopic (exact) mass is 383 g/mol. The average molecular weight is 384 g/mol. The Morgan fingerprint density at radius 1 is 0.929 bits per heavy atom. The smallest absolute Gasteiger partial charge is 0.199 e. The Hall–Kier alpha value is -1.95. The van der Waals surface area contributed by atoms with E-state index in [-0.39, 0.29) is 5.82 Å². The van der Waals surface area contributed by atoms with Crippen molar-refractivity contribution in [3.05, 3.63) is 59.7 Å². The first kappa shape index (κ1) is 20.8. The summed E-state index contributed by atoms with van der Waals surface area (Å²) >= 11 is 0. The second kappa shape index (κ2) is 10.6. The number of rotatable bonds is 6. The van der Waals surface area contributed by atoms with E-state index >= 15 is 0 Å². The van der Waals surface area contributed by atoms with Gasteiger partial charge in [0.15, 0.2) is 5.83 Å². The van der Waals surface area contributed by atoms with Crippen LogP contribution in [0.1, 0.15) is 75.7 Å². The van der Waals surface area contributed by atoms with Crippen LogP contribution in [0.4, 0.5) is 8.78 Å². The summed E-state index contributed by atoms with van der Waals surface area (Å²) in [5, 5.41) is 8.41. The molecule has 1 nitrogen and oxygen atoms in total. The third-order valence-electron chi connectivity index (χ3n) is 6.80. The van der Waals surface area contributed by atoms with Crippen molar-refractivity contribution in [3.63, 3.8) is 0 Å². The van der Waals surface area contributed by atoms with Gasteiger partial charge in [0.1, 0.15) is 11.9 Å². The summed E-state index contributed by atoms with van der Waals surface area (Å²) in [5.74, 6) is 1.97. The van der Waals surface area contributed by atoms with Crippen molar-refractivity contribution in [2.24, 2.45) is 17.8 Å². The highest BCUT2D eigenvalue weighted by Crippen LogP contribution is 2.39. The number of hydrogen-bond donors (Lipinski definition) is 0. The Labute approximate surface area is 168 Å². The SMILES string of the molecule is N#C/C(F)=C/C=C/[C@H]1CC[C@H](CC[C@H]2CC[C@H](c3ccc(F)cc3)CC2)CC1. The fourth-order valence-corrected chi connectivity index (χ4v) is 4.99. The van der Waals surface area contributed by atoms with E-state index in [2.05, 4.69) is 6.08 Å². The summed E-state index contributed by atoms with van der Waals surface area (Å²) in [6.45, 7) is 0. The Balaban J connectivity index is 1.33. The van der Waals surface area contributed by atoms with Gasteiger partial charge in [0.2, 0.25) is 0 Å². The van der Waals surface area contributed by atoms with Gasteiger partial charge in [0, 0.05) is 0 Å². The molecule has 28 heavy (non-hydrogen) atoms. The number of nitrogens with zero attached hydrogens (tertiary/aromatic N) is 1. The Morgan fingerprint density at radius 3 is 2.07 bits per heavy atom. The molecule has 0 aromatic heterocycles. The third kappa shape index (κ3) is 6.30. The maximum absolute atomic E-state index is 13.1. The van der Waals surface area contributed by atoms with E-state index in [9.17, 15) is 8.78 Å². The molecule has 3 rings (SSSR count). The fourth-order valence-electron chi connectivity index (χ4n) is 4.99. The molecule has 0 saturated heterocycles. The van der Waals surface area contributed by atoms with E-state index in [4.69, 9.17) is 5.26 Å². The maximum Gasteiger partial charge on any atom is 0.199 e. The summed E-state index contributed by atoms with van der Waals surface area (Å²) in [5.41, 5.74) is 1.30. The first-order valence-corrected chi connectivity index (χ1v) is 10.8. The van der Waals surface area contributed by atoms with Crippen LogP contribution in [0.5, 0.6) is 0 Å². The van der Waals surface area contributed by atoms with Crippen molar-refractivity contribution < 1.29 is 8.78 Å². The molecule has 0 unspecified atom stereocenters. The summed E-state index contributed by atoms with van der Waals surface area (Å²) in [7, 11) is 0. The van der Waals surface area contributed by atoms with E-state index in [1.165, 1.54) is 81.9 Å². The molecule has 0 spiro atoms. The van der Waals surface area contributed by atoms with Crippen LogP contribution in [-0.2, 0) is 0 Å². The first-order chi connectivity index (χ1) is 13.6. The lowest BCUT2D eigenvalue weighted by Crippen LogP contribution is -2.17. The minimum absolute atomic E-state index is 0.145. The van der Waals surface area contributed by atoms with E-state index in [1.54, 1.807) is 18.2 Å². The molecule has 2 aliphatic carbocycles. The Kier molecular flexibility index (Phi) is 7.83. The predicted molar refractivity (Wildman–Crippen MR) is 110 cm³/mol. The van der Waals surface area contributed by atoms with Gasteiger partial charge in [-0.05, 0) is 98.8 Å². The molecule has 2 aliphatic rings. The number of benzene rings is 1. The fraction of sp³-hybridized carbons (Fsp3) is 0.560. The van der Waals surface area contributed by atoms with Crippen LogP contribution in [0.15, 0.2) is 48.3 Å². The number of nitriles is 1. The van der Waals surface area contributed by atoms with E-state index in [1.807, 2.05) is 12.1 Å². The van der Waals surface area contributed by atoms with E-state index < -0.39 is 5.83 Å². The van der Waals surface area contributed by atoms with Crippen LogP contribution in [-0.4, -0.2) is 0 Å². The van der Waals surface area contributed by atoms with Crippen molar-refractivity contribution in [1.29, 1.82) is 5.26 Å². The van der Waals surface area contributed by atoms with Crippen molar-refractivity contribution in [1.82, 2.24) is 0 Å². The predicted octanol–water partition coefficient (Wildman–Crippen LogP) is 7.62. The van der Waals surface area contributed by atoms with Crippen molar-refractivity contribution >= 4 is 0 Å². The molecule has 1 aromatic carbocycles. The van der Waals surface area contributed by atoms with Gasteiger partial charge in [-0.25, -0.2) is 4.39 Å². The summed E-state index contributed by atoms with van der Waals surface area (Å²) < 4.78 is 25.9. The Morgan fingerprint density at radius 2 is 1.50 bits per heavy atom. The molecule has 3 heteroatoms. The van der Waals surface area contributed by atoms with Gasteiger partial charge in [0.05, 0.1) is 0 Å². The molecule has 0 bridgehead atoms. The normalized spacial score (nSPS) is 29.0. The summed E-state index contributed by atoms with van der Waals surface area (Å²) in [6.07, 6.45) is 17.7. The van der Waals surface area contributed by atoms with Crippen molar-refractivity contribution in [2.75, 3.05) is 0 Å². The van der Waals surface area contributed by atoms with Gasteiger partial charge in [0.25, 0.3) is 0 Å². The summed E-state index contributed by atoms with van der Waals surface area (Å²) in [4.78, 5) is 0. The maximum atomic E-state index is 13.1. The molecule has 0 N–H and O–H groups in total. The zero-order valence-electron chi connectivity index (χ0n) is 16.6.